The molecule has 0 saturated carbocycles. The molecule has 3 aromatic rings. The van der Waals surface area contributed by atoms with Crippen molar-refractivity contribution in [1.82, 2.24) is 4.98 Å². The van der Waals surface area contributed by atoms with Crippen LogP contribution in [0.3, 0.4) is 0 Å². The molecule has 0 saturated heterocycles. The normalized spacial score (nSPS) is 10.8. The van der Waals surface area contributed by atoms with Crippen LogP contribution in [-0.4, -0.2) is 4.98 Å². The Kier molecular flexibility index (Phi) is 2.59. The van der Waals surface area contributed by atoms with Gasteiger partial charge in [0.15, 0.2) is 5.58 Å². The van der Waals surface area contributed by atoms with Crippen LogP contribution in [0.15, 0.2) is 40.8 Å². The molecule has 3 N–H and O–H groups in total. The Labute approximate surface area is 109 Å². The Morgan fingerprint density at radius 3 is 2.89 bits per heavy atom. The van der Waals surface area contributed by atoms with E-state index in [1.165, 1.54) is 6.07 Å². The fourth-order valence-electron chi connectivity index (χ4n) is 1.90. The standard InChI is InChI=1S/C14H12FN3O/c1-8-3-2-4-10(15)13(8)18-14-17-11-7-9(16)5-6-12(11)19-14/h2-7H,16H2,1H3,(H,17,18). The molecule has 0 radical (unpaired) electrons. The van der Waals surface area contributed by atoms with E-state index in [0.29, 0.717) is 22.5 Å². The lowest BCUT2D eigenvalue weighted by atomic mass is 10.2. The van der Waals surface area contributed by atoms with Crippen molar-refractivity contribution in [3.05, 3.63) is 47.8 Å². The molecule has 0 aliphatic carbocycles. The molecule has 5 heteroatoms. The van der Waals surface area contributed by atoms with Crippen LogP contribution in [0.5, 0.6) is 0 Å². The van der Waals surface area contributed by atoms with Gasteiger partial charge in [-0.15, -0.1) is 0 Å². The molecule has 0 amide bonds. The predicted octanol–water partition coefficient (Wildman–Crippen LogP) is 3.60. The largest absolute Gasteiger partial charge is 0.423 e. The molecule has 1 heterocycles. The van der Waals surface area contributed by atoms with Gasteiger partial charge in [0.05, 0.1) is 5.69 Å². The van der Waals surface area contributed by atoms with E-state index in [0.717, 1.165) is 5.56 Å². The average Bonchev–Trinajstić information content (AvgIpc) is 2.75. The quantitative estimate of drug-likeness (QED) is 0.688. The van der Waals surface area contributed by atoms with Crippen molar-refractivity contribution in [2.24, 2.45) is 0 Å². The van der Waals surface area contributed by atoms with Crippen LogP contribution in [0.2, 0.25) is 0 Å². The molecule has 19 heavy (non-hydrogen) atoms. The molecule has 3 rings (SSSR count). The minimum atomic E-state index is -0.346. The van der Waals surface area contributed by atoms with E-state index in [-0.39, 0.29) is 11.8 Å². The molecule has 4 nitrogen and oxygen atoms in total. The van der Waals surface area contributed by atoms with E-state index < -0.39 is 0 Å². The van der Waals surface area contributed by atoms with E-state index in [4.69, 9.17) is 10.2 Å². The first-order chi connectivity index (χ1) is 9.13. The summed E-state index contributed by atoms with van der Waals surface area (Å²) in [4.78, 5) is 4.23. The van der Waals surface area contributed by atoms with E-state index in [1.807, 2.05) is 13.0 Å². The number of oxazole rings is 1. The Morgan fingerprint density at radius 1 is 1.26 bits per heavy atom. The van der Waals surface area contributed by atoms with Crippen molar-refractivity contribution in [1.29, 1.82) is 0 Å². The molecular weight excluding hydrogens is 245 g/mol. The van der Waals surface area contributed by atoms with Crippen molar-refractivity contribution < 1.29 is 8.81 Å². The van der Waals surface area contributed by atoms with Gasteiger partial charge in [0.25, 0.3) is 6.01 Å². The van der Waals surface area contributed by atoms with Crippen molar-refractivity contribution in [2.45, 2.75) is 6.92 Å². The first-order valence-corrected chi connectivity index (χ1v) is 5.82. The number of anilines is 3. The Balaban J connectivity index is 2.01. The summed E-state index contributed by atoms with van der Waals surface area (Å²) in [5, 5.41) is 2.86. The van der Waals surface area contributed by atoms with Gasteiger partial charge in [0.1, 0.15) is 11.3 Å². The van der Waals surface area contributed by atoms with Gasteiger partial charge in [-0.3, -0.25) is 0 Å². The first kappa shape index (κ1) is 11.5. The number of benzene rings is 2. The summed E-state index contributed by atoms with van der Waals surface area (Å²) in [6.45, 7) is 1.81. The number of fused-ring (bicyclic) bond motifs is 1. The monoisotopic (exact) mass is 257 g/mol. The van der Waals surface area contributed by atoms with E-state index in [1.54, 1.807) is 24.3 Å². The third-order valence-corrected chi connectivity index (χ3v) is 2.87. The lowest BCUT2D eigenvalue weighted by molar-refractivity contribution is 0.611. The highest BCUT2D eigenvalue weighted by molar-refractivity contribution is 5.79. The number of aromatic nitrogens is 1. The Hall–Kier alpha value is -2.56. The maximum absolute atomic E-state index is 13.7. The molecule has 0 atom stereocenters. The molecule has 0 fully saturated rings. The summed E-state index contributed by atoms with van der Waals surface area (Å²) in [6, 6.07) is 10.3. The van der Waals surface area contributed by atoms with Crippen molar-refractivity contribution in [3.63, 3.8) is 0 Å². The van der Waals surface area contributed by atoms with Crippen LogP contribution in [0, 0.1) is 12.7 Å². The van der Waals surface area contributed by atoms with Gasteiger partial charge in [0.2, 0.25) is 0 Å². The highest BCUT2D eigenvalue weighted by atomic mass is 19.1. The zero-order chi connectivity index (χ0) is 13.4. The maximum Gasteiger partial charge on any atom is 0.300 e. The molecule has 1 aromatic heterocycles. The second-order valence-electron chi connectivity index (χ2n) is 4.30. The summed E-state index contributed by atoms with van der Waals surface area (Å²) in [6.07, 6.45) is 0. The lowest BCUT2D eigenvalue weighted by Crippen LogP contribution is -1.96. The zero-order valence-electron chi connectivity index (χ0n) is 10.3. The molecule has 0 spiro atoms. The Morgan fingerprint density at radius 2 is 2.11 bits per heavy atom. The fraction of sp³-hybridized carbons (Fsp3) is 0.0714. The number of nitrogen functional groups attached to an aromatic ring is 1. The van der Waals surface area contributed by atoms with Gasteiger partial charge in [-0.05, 0) is 36.8 Å². The van der Waals surface area contributed by atoms with Gasteiger partial charge in [0, 0.05) is 5.69 Å². The highest BCUT2D eigenvalue weighted by Crippen LogP contribution is 2.26. The van der Waals surface area contributed by atoms with Crippen molar-refractivity contribution in [3.8, 4) is 0 Å². The number of para-hydroxylation sites is 1. The molecule has 2 aromatic carbocycles. The van der Waals surface area contributed by atoms with Gasteiger partial charge in [-0.2, -0.15) is 4.98 Å². The van der Waals surface area contributed by atoms with E-state index >= 15 is 0 Å². The molecule has 96 valence electrons. The maximum atomic E-state index is 13.7. The molecule has 0 aliphatic rings. The number of nitrogens with zero attached hydrogens (tertiary/aromatic N) is 1. The fourth-order valence-corrected chi connectivity index (χ4v) is 1.90. The summed E-state index contributed by atoms with van der Waals surface area (Å²) in [7, 11) is 0. The molecular formula is C14H12FN3O. The number of aryl methyl sites for hydroxylation is 1. The molecule has 0 unspecified atom stereocenters. The second kappa shape index (κ2) is 4.28. The molecule has 0 bridgehead atoms. The topological polar surface area (TPSA) is 64.1 Å². The number of halogens is 1. The number of hydrogen-bond donors (Lipinski definition) is 2. The van der Waals surface area contributed by atoms with Gasteiger partial charge in [-0.25, -0.2) is 4.39 Å². The minimum absolute atomic E-state index is 0.244. The summed E-state index contributed by atoms with van der Waals surface area (Å²) >= 11 is 0. The zero-order valence-corrected chi connectivity index (χ0v) is 10.3. The summed E-state index contributed by atoms with van der Waals surface area (Å²) in [5.74, 6) is -0.346. The highest BCUT2D eigenvalue weighted by Gasteiger charge is 2.10. The smallest absolute Gasteiger partial charge is 0.300 e. The van der Waals surface area contributed by atoms with Crippen LogP contribution in [0.25, 0.3) is 11.1 Å². The van der Waals surface area contributed by atoms with E-state index in [2.05, 4.69) is 10.3 Å². The van der Waals surface area contributed by atoms with Crippen LogP contribution in [0.4, 0.5) is 21.8 Å². The van der Waals surface area contributed by atoms with Crippen LogP contribution in [-0.2, 0) is 0 Å². The number of nitrogens with two attached hydrogens (primary N) is 1. The third-order valence-electron chi connectivity index (χ3n) is 2.87. The molecule has 0 aliphatic heterocycles. The predicted molar refractivity (Wildman–Crippen MR) is 72.8 cm³/mol. The van der Waals surface area contributed by atoms with Gasteiger partial charge < -0.3 is 15.5 Å². The summed E-state index contributed by atoms with van der Waals surface area (Å²) < 4.78 is 19.2. The third kappa shape index (κ3) is 2.10. The second-order valence-corrected chi connectivity index (χ2v) is 4.30. The number of hydrogen-bond acceptors (Lipinski definition) is 4. The van der Waals surface area contributed by atoms with Crippen LogP contribution < -0.4 is 11.1 Å². The lowest BCUT2D eigenvalue weighted by Gasteiger charge is -2.06. The minimum Gasteiger partial charge on any atom is -0.423 e. The van der Waals surface area contributed by atoms with Crippen molar-refractivity contribution in [2.75, 3.05) is 11.1 Å². The van der Waals surface area contributed by atoms with Gasteiger partial charge in [-0.1, -0.05) is 12.1 Å². The number of rotatable bonds is 2. The Bertz CT molecular complexity index is 731. The number of nitrogens with one attached hydrogen (secondary N) is 1. The van der Waals surface area contributed by atoms with Gasteiger partial charge >= 0.3 is 0 Å². The SMILES string of the molecule is Cc1cccc(F)c1Nc1nc2cc(N)ccc2o1. The van der Waals surface area contributed by atoms with E-state index in [9.17, 15) is 4.39 Å². The van der Waals surface area contributed by atoms with Crippen LogP contribution in [0.1, 0.15) is 5.56 Å². The van der Waals surface area contributed by atoms with Crippen LogP contribution >= 0.6 is 0 Å². The average molecular weight is 257 g/mol. The summed E-state index contributed by atoms with van der Waals surface area (Å²) in [5.41, 5.74) is 8.66. The first-order valence-electron chi connectivity index (χ1n) is 5.82. The van der Waals surface area contributed by atoms with Crippen molar-refractivity contribution >= 4 is 28.5 Å².